The fourth-order valence-electron chi connectivity index (χ4n) is 3.65. The lowest BCUT2D eigenvalue weighted by Crippen LogP contribution is -2.33. The van der Waals surface area contributed by atoms with Crippen molar-refractivity contribution in [3.8, 4) is 5.75 Å². The van der Waals surface area contributed by atoms with Gasteiger partial charge in [-0.3, -0.25) is 19.9 Å². The standard InChI is InChI=1S/C27H32N4O4/c1-18(2)35-23-13-10-21(11-14-23)9-8-19(3)29-27(32)22-12-15-25(26(17-22)31(33)34)30-20(4)24-7-5-6-16-28-24/h5-7,10-20,30H,8-9H2,1-4H3,(H,29,32). The molecule has 0 fully saturated rings. The molecule has 2 atom stereocenters. The smallest absolute Gasteiger partial charge is 0.293 e. The van der Waals surface area contributed by atoms with Gasteiger partial charge in [-0.2, -0.15) is 0 Å². The summed E-state index contributed by atoms with van der Waals surface area (Å²) in [6.07, 6.45) is 3.32. The summed E-state index contributed by atoms with van der Waals surface area (Å²) in [5, 5.41) is 17.8. The summed E-state index contributed by atoms with van der Waals surface area (Å²) in [6, 6.07) is 17.6. The van der Waals surface area contributed by atoms with E-state index in [0.717, 1.165) is 29.8 Å². The molecule has 2 aromatic carbocycles. The highest BCUT2D eigenvalue weighted by Gasteiger charge is 2.20. The minimum atomic E-state index is -0.486. The number of nitrogens with zero attached hydrogens (tertiary/aromatic N) is 2. The summed E-state index contributed by atoms with van der Waals surface area (Å²) < 4.78 is 5.66. The van der Waals surface area contributed by atoms with Gasteiger partial charge in [-0.25, -0.2) is 0 Å². The first-order chi connectivity index (χ1) is 16.7. The minimum absolute atomic E-state index is 0.102. The van der Waals surface area contributed by atoms with Crippen LogP contribution in [0.15, 0.2) is 66.9 Å². The number of pyridine rings is 1. The monoisotopic (exact) mass is 476 g/mol. The molecule has 3 aromatic rings. The number of aryl methyl sites for hydroxylation is 1. The average Bonchev–Trinajstić information content (AvgIpc) is 2.83. The number of rotatable bonds is 11. The van der Waals surface area contributed by atoms with Crippen molar-refractivity contribution < 1.29 is 14.5 Å². The second kappa shape index (κ2) is 12.0. The van der Waals surface area contributed by atoms with Gasteiger partial charge in [0.25, 0.3) is 11.6 Å². The zero-order valence-electron chi connectivity index (χ0n) is 20.5. The number of ether oxygens (including phenoxy) is 1. The lowest BCUT2D eigenvalue weighted by Gasteiger charge is -2.16. The number of amides is 1. The van der Waals surface area contributed by atoms with Crippen molar-refractivity contribution in [1.82, 2.24) is 10.3 Å². The van der Waals surface area contributed by atoms with E-state index in [0.29, 0.717) is 5.69 Å². The van der Waals surface area contributed by atoms with E-state index >= 15 is 0 Å². The van der Waals surface area contributed by atoms with Crippen molar-refractivity contribution in [2.24, 2.45) is 0 Å². The number of carbonyl (C=O) groups is 1. The molecule has 0 saturated heterocycles. The van der Waals surface area contributed by atoms with Crippen LogP contribution in [0.5, 0.6) is 5.75 Å². The molecule has 2 unspecified atom stereocenters. The molecule has 0 aliphatic rings. The van der Waals surface area contributed by atoms with Crippen LogP contribution >= 0.6 is 0 Å². The van der Waals surface area contributed by atoms with E-state index in [-0.39, 0.29) is 35.3 Å². The fourth-order valence-corrected chi connectivity index (χ4v) is 3.65. The molecular weight excluding hydrogens is 444 g/mol. The Bertz CT molecular complexity index is 1130. The van der Waals surface area contributed by atoms with E-state index in [1.165, 1.54) is 6.07 Å². The van der Waals surface area contributed by atoms with Gasteiger partial charge in [-0.15, -0.1) is 0 Å². The molecule has 3 rings (SSSR count). The van der Waals surface area contributed by atoms with E-state index < -0.39 is 4.92 Å². The molecule has 2 N–H and O–H groups in total. The first kappa shape index (κ1) is 25.7. The van der Waals surface area contributed by atoms with E-state index in [9.17, 15) is 14.9 Å². The first-order valence-electron chi connectivity index (χ1n) is 11.7. The van der Waals surface area contributed by atoms with Crippen LogP contribution < -0.4 is 15.4 Å². The molecule has 0 aliphatic heterocycles. The molecule has 0 bridgehead atoms. The Hall–Kier alpha value is -3.94. The number of nitro benzene ring substituents is 1. The van der Waals surface area contributed by atoms with Gasteiger partial charge in [0.05, 0.1) is 22.8 Å². The van der Waals surface area contributed by atoms with Crippen molar-refractivity contribution in [2.45, 2.75) is 58.7 Å². The summed E-state index contributed by atoms with van der Waals surface area (Å²) >= 11 is 0. The van der Waals surface area contributed by atoms with Gasteiger partial charge in [0.1, 0.15) is 11.4 Å². The van der Waals surface area contributed by atoms with Crippen molar-refractivity contribution in [3.63, 3.8) is 0 Å². The number of carbonyl (C=O) groups excluding carboxylic acids is 1. The van der Waals surface area contributed by atoms with Crippen molar-refractivity contribution in [2.75, 3.05) is 5.32 Å². The van der Waals surface area contributed by atoms with Gasteiger partial charge < -0.3 is 15.4 Å². The third kappa shape index (κ3) is 7.53. The fraction of sp³-hybridized carbons (Fsp3) is 0.333. The maximum Gasteiger partial charge on any atom is 0.293 e. The Labute approximate surface area is 205 Å². The van der Waals surface area contributed by atoms with E-state index in [1.807, 2.05) is 70.2 Å². The minimum Gasteiger partial charge on any atom is -0.491 e. The largest absolute Gasteiger partial charge is 0.491 e. The highest BCUT2D eigenvalue weighted by molar-refractivity contribution is 5.95. The topological polar surface area (TPSA) is 106 Å². The Kier molecular flexibility index (Phi) is 8.78. The van der Waals surface area contributed by atoms with Crippen molar-refractivity contribution in [3.05, 3.63) is 93.8 Å². The zero-order valence-corrected chi connectivity index (χ0v) is 20.5. The zero-order chi connectivity index (χ0) is 25.4. The Morgan fingerprint density at radius 2 is 1.80 bits per heavy atom. The number of anilines is 1. The number of hydrogen-bond acceptors (Lipinski definition) is 6. The van der Waals surface area contributed by atoms with Gasteiger partial charge in [-0.1, -0.05) is 18.2 Å². The molecule has 184 valence electrons. The maximum absolute atomic E-state index is 12.8. The van der Waals surface area contributed by atoms with Gasteiger partial charge >= 0.3 is 0 Å². The second-order valence-electron chi connectivity index (χ2n) is 8.83. The van der Waals surface area contributed by atoms with Gasteiger partial charge in [0.2, 0.25) is 0 Å². The highest BCUT2D eigenvalue weighted by atomic mass is 16.6. The summed E-state index contributed by atoms with van der Waals surface area (Å²) in [7, 11) is 0. The van der Waals surface area contributed by atoms with Crippen molar-refractivity contribution >= 4 is 17.3 Å². The number of nitrogens with one attached hydrogen (secondary N) is 2. The van der Waals surface area contributed by atoms with Crippen LogP contribution in [0.2, 0.25) is 0 Å². The molecule has 0 spiro atoms. The summed E-state index contributed by atoms with van der Waals surface area (Å²) in [4.78, 5) is 28.2. The van der Waals surface area contributed by atoms with Crippen LogP contribution in [-0.2, 0) is 6.42 Å². The normalized spacial score (nSPS) is 12.6. The van der Waals surface area contributed by atoms with Gasteiger partial charge in [-0.05, 0) is 82.5 Å². The predicted molar refractivity (Wildman–Crippen MR) is 137 cm³/mol. The number of aromatic nitrogens is 1. The van der Waals surface area contributed by atoms with Crippen LogP contribution in [0.25, 0.3) is 0 Å². The number of benzene rings is 2. The van der Waals surface area contributed by atoms with Gasteiger partial charge in [0.15, 0.2) is 0 Å². The SMILES string of the molecule is CC(CCc1ccc(OC(C)C)cc1)NC(=O)c1ccc(NC(C)c2ccccn2)c([N+](=O)[O-])c1. The Morgan fingerprint density at radius 3 is 2.43 bits per heavy atom. The average molecular weight is 477 g/mol. The molecule has 0 radical (unpaired) electrons. The third-order valence-corrected chi connectivity index (χ3v) is 5.50. The molecule has 1 amide bonds. The first-order valence-corrected chi connectivity index (χ1v) is 11.7. The van der Waals surface area contributed by atoms with Crippen LogP contribution in [0.4, 0.5) is 11.4 Å². The van der Waals surface area contributed by atoms with Gasteiger partial charge in [0, 0.05) is 23.9 Å². The van der Waals surface area contributed by atoms with E-state index in [2.05, 4.69) is 15.6 Å². The molecule has 35 heavy (non-hydrogen) atoms. The molecule has 8 nitrogen and oxygen atoms in total. The predicted octanol–water partition coefficient (Wildman–Crippen LogP) is 5.70. The molecule has 0 aliphatic carbocycles. The molecular formula is C27H32N4O4. The Morgan fingerprint density at radius 1 is 1.06 bits per heavy atom. The molecule has 1 heterocycles. The summed E-state index contributed by atoms with van der Waals surface area (Å²) in [5.74, 6) is 0.490. The number of nitro groups is 1. The third-order valence-electron chi connectivity index (χ3n) is 5.50. The molecule has 1 aromatic heterocycles. The summed E-state index contributed by atoms with van der Waals surface area (Å²) in [5.41, 5.74) is 2.34. The van der Waals surface area contributed by atoms with E-state index in [4.69, 9.17) is 4.74 Å². The lowest BCUT2D eigenvalue weighted by molar-refractivity contribution is -0.384. The van der Waals surface area contributed by atoms with Crippen LogP contribution in [0.3, 0.4) is 0 Å². The Balaban J connectivity index is 1.60. The van der Waals surface area contributed by atoms with E-state index in [1.54, 1.807) is 18.3 Å². The maximum atomic E-state index is 12.8. The van der Waals surface area contributed by atoms with Crippen LogP contribution in [0, 0.1) is 10.1 Å². The molecule has 0 saturated carbocycles. The number of hydrogen-bond donors (Lipinski definition) is 2. The van der Waals surface area contributed by atoms with Crippen LogP contribution in [-0.4, -0.2) is 28.0 Å². The van der Waals surface area contributed by atoms with Crippen LogP contribution in [0.1, 0.15) is 61.8 Å². The summed E-state index contributed by atoms with van der Waals surface area (Å²) in [6.45, 7) is 7.77. The highest BCUT2D eigenvalue weighted by Crippen LogP contribution is 2.29. The lowest BCUT2D eigenvalue weighted by atomic mass is 10.1. The second-order valence-corrected chi connectivity index (χ2v) is 8.83. The van der Waals surface area contributed by atoms with Crippen molar-refractivity contribution in [1.29, 1.82) is 0 Å². The molecule has 8 heteroatoms. The quantitative estimate of drug-likeness (QED) is 0.272.